The highest BCUT2D eigenvalue weighted by atomic mass is 15.1. The molecular formula is C6H11BN3. The van der Waals surface area contributed by atoms with E-state index in [1.165, 1.54) is 11.3 Å². The smallest absolute Gasteiger partial charge is 0.0535 e. The molecule has 0 amide bonds. The molecular weight excluding hydrogens is 125 g/mol. The number of hydrogen-bond donors (Lipinski definition) is 2. The Kier molecular flexibility index (Phi) is 3.15. The Labute approximate surface area is 62.8 Å². The van der Waals surface area contributed by atoms with Gasteiger partial charge in [-0.2, -0.15) is 5.10 Å². The van der Waals surface area contributed by atoms with Crippen molar-refractivity contribution in [1.82, 2.24) is 15.5 Å². The Hall–Kier alpha value is -0.765. The second-order valence-corrected chi connectivity index (χ2v) is 1.98. The molecule has 10 heavy (non-hydrogen) atoms. The predicted molar refractivity (Wildman–Crippen MR) is 41.6 cm³/mol. The maximum atomic E-state index is 3.88. The quantitative estimate of drug-likeness (QED) is 0.502. The summed E-state index contributed by atoms with van der Waals surface area (Å²) in [5.74, 6) is 0. The molecule has 0 atom stereocenters. The zero-order valence-electron chi connectivity index (χ0n) is 5.02. The largest absolute Gasteiger partial charge is 0.307 e. The first kappa shape index (κ1) is 9.23. The summed E-state index contributed by atoms with van der Waals surface area (Å²) >= 11 is 0. The summed E-state index contributed by atoms with van der Waals surface area (Å²) in [5, 5.41) is 9.98. The number of nitrogens with zero attached hydrogens (tertiary/aromatic N) is 1. The lowest BCUT2D eigenvalue weighted by atomic mass is 10.3. The van der Waals surface area contributed by atoms with Crippen molar-refractivity contribution in [3.05, 3.63) is 17.5 Å². The summed E-state index contributed by atoms with van der Waals surface area (Å²) in [7, 11) is 0. The normalized spacial score (nSPS) is 13.2. The van der Waals surface area contributed by atoms with Crippen LogP contribution in [0.5, 0.6) is 0 Å². The van der Waals surface area contributed by atoms with E-state index in [1.54, 1.807) is 0 Å². The van der Waals surface area contributed by atoms with Gasteiger partial charge in [0.1, 0.15) is 0 Å². The number of fused-ring (bicyclic) bond motifs is 1. The minimum atomic E-state index is 0. The van der Waals surface area contributed by atoms with Crippen molar-refractivity contribution < 1.29 is 0 Å². The number of nitrogens with one attached hydrogen (secondary N) is 2. The van der Waals surface area contributed by atoms with Gasteiger partial charge in [-0.05, 0) is 0 Å². The molecule has 0 saturated heterocycles. The van der Waals surface area contributed by atoms with Gasteiger partial charge >= 0.3 is 0 Å². The van der Waals surface area contributed by atoms with Crippen molar-refractivity contribution in [3.8, 4) is 0 Å². The third kappa shape index (κ3) is 1.21. The second kappa shape index (κ2) is 3.41. The fourth-order valence-electron chi connectivity index (χ4n) is 0.965. The van der Waals surface area contributed by atoms with E-state index >= 15 is 0 Å². The number of rotatable bonds is 0. The van der Waals surface area contributed by atoms with Gasteiger partial charge in [0.05, 0.1) is 11.9 Å². The van der Waals surface area contributed by atoms with E-state index in [2.05, 4.69) is 15.5 Å². The van der Waals surface area contributed by atoms with Gasteiger partial charge in [-0.3, -0.25) is 5.10 Å². The van der Waals surface area contributed by atoms with E-state index in [-0.39, 0.29) is 15.8 Å². The maximum Gasteiger partial charge on any atom is 0.0535 e. The summed E-state index contributed by atoms with van der Waals surface area (Å²) in [5.41, 5.74) is 2.55. The number of hydrogen-bond acceptors (Lipinski definition) is 2. The highest BCUT2D eigenvalue weighted by Crippen LogP contribution is 2.08. The lowest BCUT2D eigenvalue weighted by Crippen LogP contribution is -2.01. The highest BCUT2D eigenvalue weighted by molar-refractivity contribution is 5.75. The third-order valence-electron chi connectivity index (χ3n) is 1.42. The molecule has 0 spiro atoms. The van der Waals surface area contributed by atoms with Gasteiger partial charge in [0.25, 0.3) is 0 Å². The van der Waals surface area contributed by atoms with Crippen LogP contribution in [0.4, 0.5) is 0 Å². The monoisotopic (exact) mass is 136 g/mol. The zero-order valence-corrected chi connectivity index (χ0v) is 5.02. The van der Waals surface area contributed by atoms with Gasteiger partial charge in [-0.15, -0.1) is 0 Å². The summed E-state index contributed by atoms with van der Waals surface area (Å²) in [4.78, 5) is 0. The first-order valence-corrected chi connectivity index (χ1v) is 2.68. The van der Waals surface area contributed by atoms with Crippen LogP contribution in [0, 0.1) is 0 Å². The van der Waals surface area contributed by atoms with Crippen LogP contribution in [0.3, 0.4) is 0 Å². The average molecular weight is 136 g/mol. The van der Waals surface area contributed by atoms with Crippen molar-refractivity contribution in [2.45, 2.75) is 20.5 Å². The Morgan fingerprint density at radius 2 is 2.20 bits per heavy atom. The van der Waals surface area contributed by atoms with Gasteiger partial charge in [0.15, 0.2) is 0 Å². The highest BCUT2D eigenvalue weighted by Gasteiger charge is 2.09. The fraction of sp³-hybridized carbons (Fsp3) is 0.500. The first-order chi connectivity index (χ1) is 3.97. The van der Waals surface area contributed by atoms with Gasteiger partial charge in [0.2, 0.25) is 0 Å². The van der Waals surface area contributed by atoms with Crippen LogP contribution >= 0.6 is 0 Å². The molecule has 0 unspecified atom stereocenters. The molecule has 1 aliphatic rings. The molecule has 2 N–H and O–H groups in total. The van der Waals surface area contributed by atoms with Crippen molar-refractivity contribution in [2.75, 3.05) is 0 Å². The van der Waals surface area contributed by atoms with E-state index in [0.29, 0.717) is 0 Å². The van der Waals surface area contributed by atoms with Crippen LogP contribution in [-0.2, 0) is 13.1 Å². The number of aromatic amines is 1. The van der Waals surface area contributed by atoms with Gasteiger partial charge < -0.3 is 5.32 Å². The Morgan fingerprint density at radius 3 is 2.90 bits per heavy atom. The van der Waals surface area contributed by atoms with Crippen molar-refractivity contribution in [3.63, 3.8) is 0 Å². The molecule has 0 saturated carbocycles. The van der Waals surface area contributed by atoms with Crippen LogP contribution in [-0.4, -0.2) is 18.6 Å². The summed E-state index contributed by atoms with van der Waals surface area (Å²) in [6.45, 7) is 1.93. The molecule has 2 heterocycles. The minimum Gasteiger partial charge on any atom is -0.307 e. The molecule has 3 nitrogen and oxygen atoms in total. The van der Waals surface area contributed by atoms with E-state index in [4.69, 9.17) is 0 Å². The molecule has 1 aromatic rings. The summed E-state index contributed by atoms with van der Waals surface area (Å²) < 4.78 is 0. The minimum absolute atomic E-state index is 0. The summed E-state index contributed by atoms with van der Waals surface area (Å²) in [6.07, 6.45) is 1.87. The van der Waals surface area contributed by atoms with Crippen LogP contribution in [0.2, 0.25) is 0 Å². The Bertz CT molecular complexity index is 178. The van der Waals surface area contributed by atoms with Gasteiger partial charge in [-0.1, -0.05) is 7.43 Å². The van der Waals surface area contributed by atoms with Crippen molar-refractivity contribution >= 4 is 8.41 Å². The zero-order chi connectivity index (χ0) is 5.40. The van der Waals surface area contributed by atoms with E-state index in [1.807, 2.05) is 6.20 Å². The topological polar surface area (TPSA) is 40.7 Å². The van der Waals surface area contributed by atoms with Crippen LogP contribution in [0.15, 0.2) is 6.20 Å². The first-order valence-electron chi connectivity index (χ1n) is 2.68. The average Bonchev–Trinajstić information content (AvgIpc) is 2.15. The molecule has 0 fully saturated rings. The van der Waals surface area contributed by atoms with Gasteiger partial charge in [0, 0.05) is 27.1 Å². The Morgan fingerprint density at radius 1 is 1.40 bits per heavy atom. The lowest BCUT2D eigenvalue weighted by Gasteiger charge is -1.82. The fourth-order valence-corrected chi connectivity index (χ4v) is 0.965. The standard InChI is InChI=1S/C5H7N3.CH4.B/c1-4-2-7-8-5(4)3-6-1;;/h2,6H,1,3H2,(H,7,8);1H4;. The summed E-state index contributed by atoms with van der Waals surface area (Å²) in [6, 6.07) is 0. The molecule has 0 aromatic carbocycles. The molecule has 1 aliphatic heterocycles. The van der Waals surface area contributed by atoms with E-state index in [9.17, 15) is 0 Å². The molecule has 53 valence electrons. The SMILES string of the molecule is C.[B].c1n[nH]c2c1CNC2. The molecule has 1 aromatic heterocycles. The molecule has 0 aliphatic carbocycles. The molecule has 4 heteroatoms. The van der Waals surface area contributed by atoms with E-state index in [0.717, 1.165) is 13.1 Å². The number of aromatic nitrogens is 2. The molecule has 3 radical (unpaired) electrons. The van der Waals surface area contributed by atoms with Crippen molar-refractivity contribution in [2.24, 2.45) is 0 Å². The second-order valence-electron chi connectivity index (χ2n) is 1.98. The lowest BCUT2D eigenvalue weighted by molar-refractivity contribution is 0.742. The Balaban J connectivity index is 0.000000405. The number of H-pyrrole nitrogens is 1. The molecule has 2 rings (SSSR count). The predicted octanol–water partition coefficient (Wildman–Crippen LogP) is 0.268. The maximum absolute atomic E-state index is 3.88. The van der Waals surface area contributed by atoms with Crippen LogP contribution < -0.4 is 5.32 Å². The molecule has 0 bridgehead atoms. The van der Waals surface area contributed by atoms with Crippen LogP contribution in [0.25, 0.3) is 0 Å². The van der Waals surface area contributed by atoms with Crippen molar-refractivity contribution in [1.29, 1.82) is 0 Å². The van der Waals surface area contributed by atoms with Crippen LogP contribution in [0.1, 0.15) is 18.7 Å². The van der Waals surface area contributed by atoms with E-state index < -0.39 is 0 Å². The van der Waals surface area contributed by atoms with Gasteiger partial charge in [-0.25, -0.2) is 0 Å². The third-order valence-corrected chi connectivity index (χ3v) is 1.42.